The minimum absolute atomic E-state index is 0.506. The van der Waals surface area contributed by atoms with Crippen LogP contribution in [0.1, 0.15) is 0 Å². The molecule has 0 aliphatic heterocycles. The van der Waals surface area contributed by atoms with E-state index in [9.17, 15) is 30.4 Å². The monoisotopic (exact) mass is 324 g/mol. The van der Waals surface area contributed by atoms with Gasteiger partial charge in [0.25, 0.3) is 0 Å². The molecule has 0 spiro atoms. The Labute approximate surface area is 115 Å². The summed E-state index contributed by atoms with van der Waals surface area (Å²) in [7, 11) is -4.74. The van der Waals surface area contributed by atoms with Gasteiger partial charge in [-0.05, 0) is 12.1 Å². The van der Waals surface area contributed by atoms with Crippen molar-refractivity contribution in [1.29, 1.82) is 0 Å². The number of halogens is 5. The molecule has 0 saturated carbocycles. The molecule has 3 nitrogen and oxygen atoms in total. The van der Waals surface area contributed by atoms with Crippen molar-refractivity contribution >= 4 is 10.1 Å². The number of benzene rings is 2. The summed E-state index contributed by atoms with van der Waals surface area (Å²) in [6.45, 7) is 0. The van der Waals surface area contributed by atoms with Gasteiger partial charge in [-0.15, -0.1) is 0 Å². The van der Waals surface area contributed by atoms with E-state index >= 15 is 0 Å². The largest absolute Gasteiger partial charge is 0.372 e. The van der Waals surface area contributed by atoms with Gasteiger partial charge in [-0.25, -0.2) is 13.2 Å². The van der Waals surface area contributed by atoms with Crippen LogP contribution in [0, 0.1) is 29.1 Å². The Morgan fingerprint density at radius 3 is 1.62 bits per heavy atom. The first-order valence-corrected chi connectivity index (χ1v) is 6.67. The Balaban J connectivity index is 2.55. The summed E-state index contributed by atoms with van der Waals surface area (Å²) in [6, 6.07) is 6.09. The van der Waals surface area contributed by atoms with Crippen LogP contribution in [0.25, 0.3) is 0 Å². The highest BCUT2D eigenvalue weighted by Gasteiger charge is 2.30. The smallest absolute Gasteiger partial charge is 0.339 e. The Morgan fingerprint density at radius 2 is 1.14 bits per heavy atom. The summed E-state index contributed by atoms with van der Waals surface area (Å²) >= 11 is 0. The fourth-order valence-corrected chi connectivity index (χ4v) is 2.36. The third-order valence-electron chi connectivity index (χ3n) is 2.39. The van der Waals surface area contributed by atoms with E-state index in [-0.39, 0.29) is 0 Å². The molecule has 0 aliphatic carbocycles. The van der Waals surface area contributed by atoms with Gasteiger partial charge in [0.05, 0.1) is 0 Å². The van der Waals surface area contributed by atoms with Gasteiger partial charge in [0.2, 0.25) is 34.8 Å². The second-order valence-corrected chi connectivity index (χ2v) is 5.30. The van der Waals surface area contributed by atoms with E-state index in [1.54, 1.807) is 0 Å². The highest BCUT2D eigenvalue weighted by molar-refractivity contribution is 7.87. The average Bonchev–Trinajstić information content (AvgIpc) is 2.48. The van der Waals surface area contributed by atoms with Crippen LogP contribution < -0.4 is 4.18 Å². The van der Waals surface area contributed by atoms with E-state index in [1.807, 2.05) is 0 Å². The molecule has 0 bridgehead atoms. The fourth-order valence-electron chi connectivity index (χ4n) is 1.40. The van der Waals surface area contributed by atoms with Crippen molar-refractivity contribution in [2.24, 2.45) is 0 Å². The van der Waals surface area contributed by atoms with Gasteiger partial charge in [0, 0.05) is 0 Å². The minimum atomic E-state index is -4.74. The molecule has 0 fully saturated rings. The first-order valence-electron chi connectivity index (χ1n) is 5.26. The highest BCUT2D eigenvalue weighted by atomic mass is 32.2. The Morgan fingerprint density at radius 1 is 0.714 bits per heavy atom. The number of hydrogen-bond acceptors (Lipinski definition) is 3. The molecule has 0 amide bonds. The molecule has 0 aromatic heterocycles. The minimum Gasteiger partial charge on any atom is -0.372 e. The SMILES string of the molecule is O=S(=O)(Oc1c(F)c(F)c(F)c(F)c1F)c1ccccc1. The van der Waals surface area contributed by atoms with E-state index in [2.05, 4.69) is 4.18 Å². The maximum Gasteiger partial charge on any atom is 0.339 e. The maximum atomic E-state index is 13.3. The lowest BCUT2D eigenvalue weighted by Crippen LogP contribution is -2.14. The normalized spacial score (nSPS) is 11.5. The van der Waals surface area contributed by atoms with Gasteiger partial charge in [-0.2, -0.15) is 17.2 Å². The van der Waals surface area contributed by atoms with Crippen molar-refractivity contribution in [2.75, 3.05) is 0 Å². The van der Waals surface area contributed by atoms with Crippen molar-refractivity contribution in [3.63, 3.8) is 0 Å². The van der Waals surface area contributed by atoms with Crippen LogP contribution in [-0.4, -0.2) is 8.42 Å². The van der Waals surface area contributed by atoms with Crippen molar-refractivity contribution < 1.29 is 34.6 Å². The van der Waals surface area contributed by atoms with Crippen LogP contribution in [0.5, 0.6) is 5.75 Å². The van der Waals surface area contributed by atoms with Gasteiger partial charge < -0.3 is 4.18 Å². The number of rotatable bonds is 3. The van der Waals surface area contributed by atoms with E-state index in [4.69, 9.17) is 0 Å². The summed E-state index contributed by atoms with van der Waals surface area (Å²) in [5.74, 6) is -13.6. The second-order valence-electron chi connectivity index (χ2n) is 3.75. The van der Waals surface area contributed by atoms with E-state index in [1.165, 1.54) is 18.2 Å². The third kappa shape index (κ3) is 2.68. The summed E-state index contributed by atoms with van der Waals surface area (Å²) in [6.07, 6.45) is 0. The standard InChI is InChI=1S/C12H5F5O3S/c13-7-8(14)10(16)12(11(17)9(7)15)20-21(18,19)6-4-2-1-3-5-6/h1-5H. The Kier molecular flexibility index (Phi) is 3.86. The zero-order valence-corrected chi connectivity index (χ0v) is 10.7. The van der Waals surface area contributed by atoms with E-state index < -0.39 is 49.8 Å². The Bertz CT molecular complexity index is 761. The van der Waals surface area contributed by atoms with Crippen molar-refractivity contribution in [3.05, 3.63) is 59.4 Å². The van der Waals surface area contributed by atoms with Crippen LogP contribution in [0.15, 0.2) is 35.2 Å². The van der Waals surface area contributed by atoms with E-state index in [0.717, 1.165) is 12.1 Å². The lowest BCUT2D eigenvalue weighted by Gasteiger charge is -2.10. The van der Waals surface area contributed by atoms with Crippen LogP contribution in [-0.2, 0) is 10.1 Å². The molecule has 112 valence electrons. The lowest BCUT2D eigenvalue weighted by molar-refractivity contribution is 0.346. The summed E-state index contributed by atoms with van der Waals surface area (Å²) in [4.78, 5) is -0.506. The van der Waals surface area contributed by atoms with Gasteiger partial charge in [-0.3, -0.25) is 0 Å². The predicted octanol–water partition coefficient (Wildman–Crippen LogP) is 3.15. The topological polar surface area (TPSA) is 43.4 Å². The zero-order chi connectivity index (χ0) is 15.8. The third-order valence-corrected chi connectivity index (χ3v) is 3.63. The zero-order valence-electron chi connectivity index (χ0n) is 9.91. The van der Waals surface area contributed by atoms with Crippen LogP contribution >= 0.6 is 0 Å². The predicted molar refractivity (Wildman–Crippen MR) is 60.5 cm³/mol. The van der Waals surface area contributed by atoms with Crippen LogP contribution in [0.3, 0.4) is 0 Å². The molecule has 0 saturated heterocycles. The summed E-state index contributed by atoms with van der Waals surface area (Å²) in [5, 5.41) is 0. The van der Waals surface area contributed by atoms with Gasteiger partial charge in [-0.1, -0.05) is 18.2 Å². The summed E-state index contributed by atoms with van der Waals surface area (Å²) < 4.78 is 92.9. The molecule has 0 N–H and O–H groups in total. The van der Waals surface area contributed by atoms with Gasteiger partial charge in [0.1, 0.15) is 4.90 Å². The first-order chi connectivity index (χ1) is 9.75. The van der Waals surface area contributed by atoms with Crippen LogP contribution in [0.2, 0.25) is 0 Å². The molecule has 2 aromatic carbocycles. The van der Waals surface area contributed by atoms with Gasteiger partial charge >= 0.3 is 10.1 Å². The van der Waals surface area contributed by atoms with Crippen molar-refractivity contribution in [2.45, 2.75) is 4.90 Å². The number of hydrogen-bond donors (Lipinski definition) is 0. The van der Waals surface area contributed by atoms with E-state index in [0.29, 0.717) is 0 Å². The molecular formula is C12H5F5O3S. The maximum absolute atomic E-state index is 13.3. The second kappa shape index (κ2) is 5.32. The molecule has 2 rings (SSSR count). The van der Waals surface area contributed by atoms with Crippen molar-refractivity contribution in [3.8, 4) is 5.75 Å². The van der Waals surface area contributed by atoms with Gasteiger partial charge in [0.15, 0.2) is 0 Å². The van der Waals surface area contributed by atoms with Crippen molar-refractivity contribution in [1.82, 2.24) is 0 Å². The molecule has 2 aromatic rings. The quantitative estimate of drug-likeness (QED) is 0.377. The van der Waals surface area contributed by atoms with Crippen LogP contribution in [0.4, 0.5) is 22.0 Å². The summed E-state index contributed by atoms with van der Waals surface area (Å²) in [5.41, 5.74) is 0. The molecule has 0 aliphatic rings. The molecule has 21 heavy (non-hydrogen) atoms. The first kappa shape index (κ1) is 15.2. The highest BCUT2D eigenvalue weighted by Crippen LogP contribution is 2.31. The molecule has 0 radical (unpaired) electrons. The fraction of sp³-hybridized carbons (Fsp3) is 0. The molecule has 9 heteroatoms. The molecule has 0 atom stereocenters. The average molecular weight is 324 g/mol. The molecular weight excluding hydrogens is 319 g/mol. The lowest BCUT2D eigenvalue weighted by atomic mass is 10.3. The molecule has 0 unspecified atom stereocenters. The molecule has 0 heterocycles. The Hall–Kier alpha value is -2.16.